The lowest BCUT2D eigenvalue weighted by Crippen LogP contribution is -2.46. The maximum atomic E-state index is 5.35. The fraction of sp³-hybridized carbons (Fsp3) is 0.769. The zero-order chi connectivity index (χ0) is 11.3. The first-order valence-corrected chi connectivity index (χ1v) is 6.72. The van der Waals surface area contributed by atoms with E-state index in [1.165, 1.54) is 19.3 Å². The summed E-state index contributed by atoms with van der Waals surface area (Å²) >= 11 is 5.35. The molecule has 0 saturated heterocycles. The molecule has 2 saturated carbocycles. The second kappa shape index (κ2) is 3.73. The molecule has 88 valence electrons. The van der Waals surface area contributed by atoms with Crippen molar-refractivity contribution in [1.29, 1.82) is 0 Å². The molecule has 0 aromatic carbocycles. The number of nitrogens with one attached hydrogen (secondary N) is 1. The van der Waals surface area contributed by atoms with E-state index in [1.807, 2.05) is 19.0 Å². The number of allylic oxidation sites excluding steroid dienone is 2. The van der Waals surface area contributed by atoms with Gasteiger partial charge >= 0.3 is 0 Å². The van der Waals surface area contributed by atoms with E-state index in [-0.39, 0.29) is 0 Å². The van der Waals surface area contributed by atoms with Crippen molar-refractivity contribution in [2.45, 2.75) is 25.3 Å². The van der Waals surface area contributed by atoms with Gasteiger partial charge in [-0.3, -0.25) is 0 Å². The molecule has 2 nitrogen and oxygen atoms in total. The third kappa shape index (κ3) is 1.48. The quantitative estimate of drug-likeness (QED) is 0.554. The molecule has 3 aliphatic carbocycles. The van der Waals surface area contributed by atoms with Crippen LogP contribution in [0.3, 0.4) is 0 Å². The van der Waals surface area contributed by atoms with Crippen LogP contribution in [0.1, 0.15) is 19.3 Å². The number of hydrogen-bond acceptors (Lipinski definition) is 1. The van der Waals surface area contributed by atoms with Crippen LogP contribution >= 0.6 is 12.2 Å². The lowest BCUT2D eigenvalue weighted by atomic mass is 9.79. The summed E-state index contributed by atoms with van der Waals surface area (Å²) in [6, 6.07) is 0.629. The smallest absolute Gasteiger partial charge is 0.168 e. The van der Waals surface area contributed by atoms with Crippen LogP contribution in [0.25, 0.3) is 0 Å². The Kier molecular flexibility index (Phi) is 2.46. The fourth-order valence-corrected chi connectivity index (χ4v) is 4.15. The second-order valence-corrected chi connectivity index (χ2v) is 6.14. The highest BCUT2D eigenvalue weighted by Crippen LogP contribution is 2.56. The molecule has 0 aromatic rings. The first-order chi connectivity index (χ1) is 7.66. The van der Waals surface area contributed by atoms with Crippen molar-refractivity contribution in [3.63, 3.8) is 0 Å². The maximum absolute atomic E-state index is 5.35. The highest BCUT2D eigenvalue weighted by Gasteiger charge is 2.52. The van der Waals surface area contributed by atoms with E-state index in [0.717, 1.165) is 28.8 Å². The van der Waals surface area contributed by atoms with E-state index in [1.54, 1.807) is 0 Å². The number of fused-ring (bicyclic) bond motifs is 5. The second-order valence-electron chi connectivity index (χ2n) is 5.75. The SMILES string of the molecule is CN(C)C(=S)N[C@@H]1C[C@@H]2C[C@H]1[C@H]1C=CC[C@H]21. The van der Waals surface area contributed by atoms with E-state index in [0.29, 0.717) is 6.04 Å². The normalized spacial score (nSPS) is 43.5. The van der Waals surface area contributed by atoms with E-state index in [2.05, 4.69) is 17.5 Å². The highest BCUT2D eigenvalue weighted by molar-refractivity contribution is 7.80. The Bertz CT molecular complexity index is 337. The Morgan fingerprint density at radius 3 is 2.88 bits per heavy atom. The van der Waals surface area contributed by atoms with E-state index in [9.17, 15) is 0 Å². The van der Waals surface area contributed by atoms with Crippen LogP contribution in [0.2, 0.25) is 0 Å². The van der Waals surface area contributed by atoms with Crippen LogP contribution < -0.4 is 5.32 Å². The van der Waals surface area contributed by atoms with Gasteiger partial charge in [0.05, 0.1) is 0 Å². The molecule has 3 heteroatoms. The minimum Gasteiger partial charge on any atom is -0.360 e. The van der Waals surface area contributed by atoms with Gasteiger partial charge in [0.25, 0.3) is 0 Å². The number of hydrogen-bond donors (Lipinski definition) is 1. The third-order valence-electron chi connectivity index (χ3n) is 4.72. The first-order valence-electron chi connectivity index (χ1n) is 6.31. The van der Waals surface area contributed by atoms with Crippen molar-refractivity contribution in [2.75, 3.05) is 14.1 Å². The summed E-state index contributed by atoms with van der Waals surface area (Å²) in [6.07, 6.45) is 8.94. The Morgan fingerprint density at radius 2 is 2.12 bits per heavy atom. The van der Waals surface area contributed by atoms with Crippen LogP contribution in [0.4, 0.5) is 0 Å². The Hall–Kier alpha value is -0.570. The van der Waals surface area contributed by atoms with Gasteiger partial charge in [-0.25, -0.2) is 0 Å². The number of thiocarbonyl (C=S) groups is 1. The molecule has 2 bridgehead atoms. The highest BCUT2D eigenvalue weighted by atomic mass is 32.1. The minimum atomic E-state index is 0.629. The van der Waals surface area contributed by atoms with Gasteiger partial charge in [-0.05, 0) is 55.2 Å². The molecule has 0 spiro atoms. The van der Waals surface area contributed by atoms with Gasteiger partial charge in [0.15, 0.2) is 5.11 Å². The topological polar surface area (TPSA) is 15.3 Å². The van der Waals surface area contributed by atoms with Gasteiger partial charge < -0.3 is 10.2 Å². The van der Waals surface area contributed by atoms with Gasteiger partial charge in [0.1, 0.15) is 0 Å². The average molecular weight is 236 g/mol. The molecule has 0 radical (unpaired) electrons. The van der Waals surface area contributed by atoms with Crippen molar-refractivity contribution in [1.82, 2.24) is 10.2 Å². The van der Waals surface area contributed by atoms with E-state index >= 15 is 0 Å². The molecule has 0 unspecified atom stereocenters. The fourth-order valence-electron chi connectivity index (χ4n) is 4.00. The molecule has 0 aliphatic heterocycles. The summed E-state index contributed by atoms with van der Waals surface area (Å²) in [5.41, 5.74) is 0. The van der Waals surface area contributed by atoms with Gasteiger partial charge in [0.2, 0.25) is 0 Å². The largest absolute Gasteiger partial charge is 0.360 e. The molecular formula is C13H20N2S. The summed E-state index contributed by atoms with van der Waals surface area (Å²) < 4.78 is 0. The molecule has 0 amide bonds. The molecule has 2 fully saturated rings. The predicted octanol–water partition coefficient (Wildman–Crippen LogP) is 2.02. The molecule has 3 aliphatic rings. The van der Waals surface area contributed by atoms with Crippen molar-refractivity contribution in [3.05, 3.63) is 12.2 Å². The Balaban J connectivity index is 1.68. The molecule has 0 heterocycles. The van der Waals surface area contributed by atoms with Crippen molar-refractivity contribution < 1.29 is 0 Å². The first kappa shape index (κ1) is 10.6. The van der Waals surface area contributed by atoms with E-state index in [4.69, 9.17) is 12.2 Å². The molecule has 3 rings (SSSR count). The minimum absolute atomic E-state index is 0.629. The zero-order valence-corrected chi connectivity index (χ0v) is 10.8. The van der Waals surface area contributed by atoms with Gasteiger partial charge in [-0.15, -0.1) is 0 Å². The number of rotatable bonds is 1. The van der Waals surface area contributed by atoms with Gasteiger partial charge in [-0.1, -0.05) is 12.2 Å². The molecular weight excluding hydrogens is 216 g/mol. The number of nitrogens with zero attached hydrogens (tertiary/aromatic N) is 1. The standard InChI is InChI=1S/C13H20N2S/c1-15(2)13(16)14-12-7-8-6-11(12)10-5-3-4-9(8)10/h3,5,8-12H,4,6-7H2,1-2H3,(H,14,16)/t8-,9+,10-,11-,12+/m0/s1. The monoisotopic (exact) mass is 236 g/mol. The van der Waals surface area contributed by atoms with Crippen molar-refractivity contribution in [2.24, 2.45) is 23.7 Å². The molecule has 5 atom stereocenters. The van der Waals surface area contributed by atoms with Crippen molar-refractivity contribution >= 4 is 17.3 Å². The zero-order valence-electron chi connectivity index (χ0n) is 10.0. The summed E-state index contributed by atoms with van der Waals surface area (Å²) in [7, 11) is 4.03. The molecule has 1 N–H and O–H groups in total. The lowest BCUT2D eigenvalue weighted by Gasteiger charge is -2.33. The summed E-state index contributed by atoms with van der Waals surface area (Å²) in [6.45, 7) is 0. The van der Waals surface area contributed by atoms with E-state index < -0.39 is 0 Å². The van der Waals surface area contributed by atoms with Crippen LogP contribution in [0.15, 0.2) is 12.2 Å². The summed E-state index contributed by atoms with van der Waals surface area (Å²) in [4.78, 5) is 2.00. The Labute approximate surface area is 103 Å². The predicted molar refractivity (Wildman–Crippen MR) is 70.2 cm³/mol. The van der Waals surface area contributed by atoms with Gasteiger partial charge in [0, 0.05) is 20.1 Å². The lowest BCUT2D eigenvalue weighted by molar-refractivity contribution is 0.244. The van der Waals surface area contributed by atoms with Gasteiger partial charge in [-0.2, -0.15) is 0 Å². The Morgan fingerprint density at radius 1 is 1.31 bits per heavy atom. The summed E-state index contributed by atoms with van der Waals surface area (Å²) in [5.74, 6) is 3.61. The average Bonchev–Trinajstić information content (AvgIpc) is 2.87. The van der Waals surface area contributed by atoms with Crippen LogP contribution in [-0.4, -0.2) is 30.1 Å². The summed E-state index contributed by atoms with van der Waals surface area (Å²) in [5, 5.41) is 4.44. The maximum Gasteiger partial charge on any atom is 0.168 e. The van der Waals surface area contributed by atoms with Crippen LogP contribution in [0.5, 0.6) is 0 Å². The molecule has 0 aromatic heterocycles. The van der Waals surface area contributed by atoms with Crippen molar-refractivity contribution in [3.8, 4) is 0 Å². The van der Waals surface area contributed by atoms with Crippen LogP contribution in [0, 0.1) is 23.7 Å². The van der Waals surface area contributed by atoms with Crippen LogP contribution in [-0.2, 0) is 0 Å². The molecule has 16 heavy (non-hydrogen) atoms. The third-order valence-corrected chi connectivity index (χ3v) is 5.21.